The molecule has 2 rings (SSSR count). The Balaban J connectivity index is 1.93. The van der Waals surface area contributed by atoms with Gasteiger partial charge in [-0.15, -0.1) is 0 Å². The Kier molecular flexibility index (Phi) is 6.51. The first-order chi connectivity index (χ1) is 12.6. The van der Waals surface area contributed by atoms with Crippen molar-refractivity contribution < 1.29 is 22.7 Å². The molecule has 0 fully saturated rings. The number of nitrogens with one attached hydrogen (secondary N) is 1. The van der Waals surface area contributed by atoms with Gasteiger partial charge in [0.2, 0.25) is 15.8 Å². The highest BCUT2D eigenvalue weighted by atomic mass is 32.2. The highest BCUT2D eigenvalue weighted by Crippen LogP contribution is 2.14. The van der Waals surface area contributed by atoms with Gasteiger partial charge < -0.3 is 4.74 Å². The van der Waals surface area contributed by atoms with E-state index in [9.17, 15) is 18.0 Å². The second-order valence-electron chi connectivity index (χ2n) is 6.47. The smallest absolute Gasteiger partial charge is 0.321 e. The lowest BCUT2D eigenvalue weighted by Crippen LogP contribution is -2.31. The number of ether oxygens (including phenoxy) is 1. The molecule has 0 spiro atoms. The first-order valence-electron chi connectivity index (χ1n) is 8.43. The summed E-state index contributed by atoms with van der Waals surface area (Å²) in [4.78, 5) is 24.1. The molecule has 1 N–H and O–H groups in total. The molecule has 0 saturated heterocycles. The summed E-state index contributed by atoms with van der Waals surface area (Å²) in [5.41, 5.74) is 4.00. The quantitative estimate of drug-likeness (QED) is 0.581. The number of benzene rings is 2. The summed E-state index contributed by atoms with van der Waals surface area (Å²) >= 11 is 0. The van der Waals surface area contributed by atoms with Crippen LogP contribution in [0.4, 0.5) is 0 Å². The molecule has 27 heavy (non-hydrogen) atoms. The number of esters is 1. The summed E-state index contributed by atoms with van der Waals surface area (Å²) in [7, 11) is -3.83. The molecular formula is C20H23NO5S. The standard InChI is InChI=1S/C20H23NO5S/c1-13-5-6-15(3)18(9-13)19(22)12-26-20(23)11-21-27(24,25)17-8-7-14(2)16(4)10-17/h5-10,21H,11-12H2,1-4H3. The summed E-state index contributed by atoms with van der Waals surface area (Å²) in [5.74, 6) is -1.15. The van der Waals surface area contributed by atoms with Crippen molar-refractivity contribution in [3.05, 3.63) is 64.2 Å². The van der Waals surface area contributed by atoms with E-state index in [4.69, 9.17) is 4.74 Å². The van der Waals surface area contributed by atoms with Crippen molar-refractivity contribution in [2.75, 3.05) is 13.2 Å². The highest BCUT2D eigenvalue weighted by molar-refractivity contribution is 7.89. The van der Waals surface area contributed by atoms with Crippen LogP contribution in [0.2, 0.25) is 0 Å². The van der Waals surface area contributed by atoms with Crippen LogP contribution in [0, 0.1) is 27.7 Å². The van der Waals surface area contributed by atoms with E-state index >= 15 is 0 Å². The normalized spacial score (nSPS) is 11.3. The average Bonchev–Trinajstić information content (AvgIpc) is 2.62. The SMILES string of the molecule is Cc1ccc(C)c(C(=O)COC(=O)CNS(=O)(=O)c2ccc(C)c(C)c2)c1. The van der Waals surface area contributed by atoms with Crippen LogP contribution in [-0.4, -0.2) is 33.3 Å². The minimum absolute atomic E-state index is 0.0739. The largest absolute Gasteiger partial charge is 0.456 e. The lowest BCUT2D eigenvalue weighted by Gasteiger charge is -2.10. The topological polar surface area (TPSA) is 89.5 Å². The first-order valence-corrected chi connectivity index (χ1v) is 9.91. The van der Waals surface area contributed by atoms with Gasteiger partial charge in [-0.1, -0.05) is 23.8 Å². The van der Waals surface area contributed by atoms with E-state index in [1.54, 1.807) is 19.1 Å². The number of ketones is 1. The molecule has 0 atom stereocenters. The first kappa shape index (κ1) is 20.8. The lowest BCUT2D eigenvalue weighted by atomic mass is 10.0. The fourth-order valence-electron chi connectivity index (χ4n) is 2.43. The van der Waals surface area contributed by atoms with Crippen LogP contribution < -0.4 is 4.72 Å². The zero-order valence-electron chi connectivity index (χ0n) is 15.8. The van der Waals surface area contributed by atoms with Crippen LogP contribution in [0.5, 0.6) is 0 Å². The Morgan fingerprint density at radius 2 is 1.59 bits per heavy atom. The summed E-state index contributed by atoms with van der Waals surface area (Å²) in [5, 5.41) is 0. The number of hydrogen-bond donors (Lipinski definition) is 1. The van der Waals surface area contributed by atoms with Crippen LogP contribution in [0.25, 0.3) is 0 Å². The molecule has 2 aromatic carbocycles. The number of Topliss-reactive ketones (excluding diaryl/α,β-unsaturated/α-hetero) is 1. The molecule has 0 amide bonds. The molecule has 0 radical (unpaired) electrons. The number of aryl methyl sites for hydroxylation is 4. The summed E-state index contributed by atoms with van der Waals surface area (Å²) in [6, 6.07) is 10.1. The molecule has 0 aliphatic rings. The Morgan fingerprint density at radius 3 is 2.26 bits per heavy atom. The molecule has 0 aliphatic heterocycles. The van der Waals surface area contributed by atoms with Gasteiger partial charge in [-0.05, 0) is 62.6 Å². The van der Waals surface area contributed by atoms with E-state index in [1.807, 2.05) is 32.9 Å². The van der Waals surface area contributed by atoms with E-state index in [1.165, 1.54) is 12.1 Å². The highest BCUT2D eigenvalue weighted by Gasteiger charge is 2.18. The zero-order valence-corrected chi connectivity index (χ0v) is 16.6. The van der Waals surface area contributed by atoms with Gasteiger partial charge in [0, 0.05) is 5.56 Å². The Morgan fingerprint density at radius 1 is 0.926 bits per heavy atom. The Hall–Kier alpha value is -2.51. The third-order valence-electron chi connectivity index (χ3n) is 4.25. The molecule has 0 saturated carbocycles. The zero-order chi connectivity index (χ0) is 20.2. The predicted octanol–water partition coefficient (Wildman–Crippen LogP) is 2.62. The van der Waals surface area contributed by atoms with Crippen molar-refractivity contribution in [3.8, 4) is 0 Å². The summed E-state index contributed by atoms with van der Waals surface area (Å²) in [6.07, 6.45) is 0. The van der Waals surface area contributed by atoms with Crippen LogP contribution in [0.3, 0.4) is 0 Å². The van der Waals surface area contributed by atoms with Gasteiger partial charge in [-0.25, -0.2) is 8.42 Å². The van der Waals surface area contributed by atoms with Crippen molar-refractivity contribution in [2.24, 2.45) is 0 Å². The van der Waals surface area contributed by atoms with E-state index < -0.39 is 29.1 Å². The van der Waals surface area contributed by atoms with Gasteiger partial charge in [0.05, 0.1) is 4.90 Å². The van der Waals surface area contributed by atoms with Crippen LogP contribution in [-0.2, 0) is 19.6 Å². The van der Waals surface area contributed by atoms with Crippen molar-refractivity contribution in [3.63, 3.8) is 0 Å². The number of hydrogen-bond acceptors (Lipinski definition) is 5. The minimum atomic E-state index is -3.83. The van der Waals surface area contributed by atoms with Gasteiger partial charge in [0.1, 0.15) is 6.54 Å². The van der Waals surface area contributed by atoms with Crippen molar-refractivity contribution in [2.45, 2.75) is 32.6 Å². The third-order valence-corrected chi connectivity index (χ3v) is 5.65. The van der Waals surface area contributed by atoms with Gasteiger partial charge in [0.15, 0.2) is 6.61 Å². The van der Waals surface area contributed by atoms with Gasteiger partial charge in [-0.2, -0.15) is 4.72 Å². The van der Waals surface area contributed by atoms with E-state index in [0.717, 1.165) is 22.3 Å². The van der Waals surface area contributed by atoms with E-state index in [-0.39, 0.29) is 10.7 Å². The molecule has 144 valence electrons. The minimum Gasteiger partial charge on any atom is -0.456 e. The molecule has 0 aliphatic carbocycles. The maximum Gasteiger partial charge on any atom is 0.321 e. The second-order valence-corrected chi connectivity index (χ2v) is 8.24. The van der Waals surface area contributed by atoms with E-state index in [0.29, 0.717) is 5.56 Å². The van der Waals surface area contributed by atoms with Crippen LogP contribution in [0.1, 0.15) is 32.6 Å². The molecule has 0 heterocycles. The van der Waals surface area contributed by atoms with Crippen molar-refractivity contribution in [1.29, 1.82) is 0 Å². The number of carbonyl (C=O) groups excluding carboxylic acids is 2. The molecule has 0 unspecified atom stereocenters. The monoisotopic (exact) mass is 389 g/mol. The average molecular weight is 389 g/mol. The number of rotatable bonds is 7. The Labute approximate surface area is 159 Å². The third kappa shape index (κ3) is 5.48. The maximum absolute atomic E-state index is 12.3. The van der Waals surface area contributed by atoms with Crippen molar-refractivity contribution >= 4 is 21.8 Å². The van der Waals surface area contributed by atoms with Crippen LogP contribution in [0.15, 0.2) is 41.3 Å². The van der Waals surface area contributed by atoms with Crippen LogP contribution >= 0.6 is 0 Å². The molecular weight excluding hydrogens is 366 g/mol. The number of sulfonamides is 1. The van der Waals surface area contributed by atoms with Gasteiger partial charge >= 0.3 is 5.97 Å². The fourth-order valence-corrected chi connectivity index (χ4v) is 3.48. The van der Waals surface area contributed by atoms with Gasteiger partial charge in [-0.3, -0.25) is 9.59 Å². The fraction of sp³-hybridized carbons (Fsp3) is 0.300. The summed E-state index contributed by atoms with van der Waals surface area (Å²) < 4.78 is 31.6. The van der Waals surface area contributed by atoms with E-state index in [2.05, 4.69) is 4.72 Å². The van der Waals surface area contributed by atoms with Gasteiger partial charge in [0.25, 0.3) is 0 Å². The molecule has 6 nitrogen and oxygen atoms in total. The number of carbonyl (C=O) groups is 2. The summed E-state index contributed by atoms with van der Waals surface area (Å²) in [6.45, 7) is 6.37. The molecule has 7 heteroatoms. The predicted molar refractivity (Wildman–Crippen MR) is 102 cm³/mol. The van der Waals surface area contributed by atoms with Crippen molar-refractivity contribution in [1.82, 2.24) is 4.72 Å². The molecule has 0 aromatic heterocycles. The maximum atomic E-state index is 12.3. The second kappa shape index (κ2) is 8.45. The lowest BCUT2D eigenvalue weighted by molar-refractivity contribution is -0.141. The Bertz CT molecular complexity index is 980. The molecule has 0 bridgehead atoms. The molecule has 2 aromatic rings.